The summed E-state index contributed by atoms with van der Waals surface area (Å²) in [5, 5.41) is 1.97. The molecule has 1 aliphatic rings. The third kappa shape index (κ3) is 2.46. The number of aldehydes is 1. The van der Waals surface area contributed by atoms with Gasteiger partial charge in [-0.15, -0.1) is 11.3 Å². The standard InChI is InChI=1S/C17H17NO3S/c1-21-9-8-18-16(15-7-4-10-22-15)14(11-19)12-5-2-3-6-13(12)17(18)20/h2-7,10-11,14,16H,8-9H2,1H3. The minimum atomic E-state index is -0.343. The number of amides is 1. The highest BCUT2D eigenvalue weighted by atomic mass is 32.1. The van der Waals surface area contributed by atoms with Crippen LogP contribution in [0, 0.1) is 0 Å². The number of carbonyl (C=O) groups is 2. The average Bonchev–Trinajstić information content (AvgIpc) is 3.08. The van der Waals surface area contributed by atoms with E-state index < -0.39 is 0 Å². The molecule has 2 atom stereocenters. The molecule has 2 heterocycles. The van der Waals surface area contributed by atoms with Crippen molar-refractivity contribution >= 4 is 23.5 Å². The Bertz CT molecular complexity index is 668. The minimum Gasteiger partial charge on any atom is -0.383 e. The van der Waals surface area contributed by atoms with Crippen molar-refractivity contribution in [2.45, 2.75) is 12.0 Å². The van der Waals surface area contributed by atoms with Crippen molar-refractivity contribution in [2.75, 3.05) is 20.3 Å². The lowest BCUT2D eigenvalue weighted by Gasteiger charge is -2.39. The highest BCUT2D eigenvalue weighted by Gasteiger charge is 2.40. The van der Waals surface area contributed by atoms with Gasteiger partial charge in [-0.3, -0.25) is 4.79 Å². The molecule has 0 spiro atoms. The molecule has 1 amide bonds. The van der Waals surface area contributed by atoms with Crippen molar-refractivity contribution in [3.8, 4) is 0 Å². The summed E-state index contributed by atoms with van der Waals surface area (Å²) in [6.45, 7) is 0.915. The number of thiophene rings is 1. The molecule has 0 bridgehead atoms. The molecule has 2 aromatic rings. The zero-order valence-electron chi connectivity index (χ0n) is 12.3. The van der Waals surface area contributed by atoms with E-state index in [1.165, 1.54) is 0 Å². The molecule has 0 radical (unpaired) electrons. The molecule has 2 unspecified atom stereocenters. The first kappa shape index (κ1) is 14.9. The lowest BCUT2D eigenvalue weighted by Crippen LogP contribution is -2.44. The third-order valence-corrected chi connectivity index (χ3v) is 4.95. The summed E-state index contributed by atoms with van der Waals surface area (Å²) in [4.78, 5) is 27.4. The molecule has 1 aliphatic heterocycles. The SMILES string of the molecule is COCCN1C(=O)c2ccccc2C(C=O)C1c1cccs1. The third-order valence-electron chi connectivity index (χ3n) is 4.00. The van der Waals surface area contributed by atoms with Crippen molar-refractivity contribution < 1.29 is 14.3 Å². The molecule has 3 rings (SSSR count). The van der Waals surface area contributed by atoms with Gasteiger partial charge in [-0.25, -0.2) is 0 Å². The average molecular weight is 315 g/mol. The zero-order chi connectivity index (χ0) is 15.5. The maximum Gasteiger partial charge on any atom is 0.254 e. The van der Waals surface area contributed by atoms with E-state index in [1.54, 1.807) is 29.4 Å². The van der Waals surface area contributed by atoms with E-state index in [2.05, 4.69) is 0 Å². The van der Waals surface area contributed by atoms with Crippen LogP contribution < -0.4 is 0 Å². The van der Waals surface area contributed by atoms with Gasteiger partial charge < -0.3 is 14.4 Å². The maximum absolute atomic E-state index is 12.8. The second kappa shape index (κ2) is 6.42. The van der Waals surface area contributed by atoms with E-state index in [-0.39, 0.29) is 17.9 Å². The normalized spacial score (nSPS) is 20.8. The van der Waals surface area contributed by atoms with Crippen LogP contribution in [0.5, 0.6) is 0 Å². The molecule has 114 valence electrons. The summed E-state index contributed by atoms with van der Waals surface area (Å²) in [5.74, 6) is -0.381. The van der Waals surface area contributed by atoms with Crippen molar-refractivity contribution in [1.29, 1.82) is 0 Å². The zero-order valence-corrected chi connectivity index (χ0v) is 13.1. The first-order chi connectivity index (χ1) is 10.8. The summed E-state index contributed by atoms with van der Waals surface area (Å²) in [5.41, 5.74) is 1.43. The van der Waals surface area contributed by atoms with Crippen LogP contribution >= 0.6 is 11.3 Å². The highest BCUT2D eigenvalue weighted by Crippen LogP contribution is 2.42. The molecule has 22 heavy (non-hydrogen) atoms. The fraction of sp³-hybridized carbons (Fsp3) is 0.294. The van der Waals surface area contributed by atoms with Crippen molar-refractivity contribution in [3.05, 3.63) is 57.8 Å². The molecule has 0 saturated heterocycles. The number of methoxy groups -OCH3 is 1. The van der Waals surface area contributed by atoms with Crippen LogP contribution in [0.3, 0.4) is 0 Å². The Morgan fingerprint density at radius 2 is 2.09 bits per heavy atom. The van der Waals surface area contributed by atoms with E-state index in [0.29, 0.717) is 18.7 Å². The summed E-state index contributed by atoms with van der Waals surface area (Å²) in [6.07, 6.45) is 0.954. The van der Waals surface area contributed by atoms with Gasteiger partial charge in [0.15, 0.2) is 0 Å². The van der Waals surface area contributed by atoms with E-state index in [1.807, 2.05) is 35.7 Å². The molecular formula is C17H17NO3S. The molecular weight excluding hydrogens is 298 g/mol. The number of carbonyl (C=O) groups excluding carboxylic acids is 2. The number of fused-ring (bicyclic) bond motifs is 1. The Kier molecular flexibility index (Phi) is 4.36. The van der Waals surface area contributed by atoms with Gasteiger partial charge in [0.1, 0.15) is 6.29 Å². The number of benzene rings is 1. The molecule has 0 saturated carbocycles. The Balaban J connectivity index is 2.11. The van der Waals surface area contributed by atoms with Crippen LogP contribution in [0.2, 0.25) is 0 Å². The first-order valence-corrected chi connectivity index (χ1v) is 8.03. The molecule has 0 aliphatic carbocycles. The van der Waals surface area contributed by atoms with E-state index >= 15 is 0 Å². The second-order valence-electron chi connectivity index (χ2n) is 5.20. The largest absolute Gasteiger partial charge is 0.383 e. The van der Waals surface area contributed by atoms with Gasteiger partial charge in [-0.2, -0.15) is 0 Å². The summed E-state index contributed by atoms with van der Waals surface area (Å²) < 4.78 is 5.14. The quantitative estimate of drug-likeness (QED) is 0.797. The Morgan fingerprint density at radius 3 is 2.77 bits per heavy atom. The predicted octanol–water partition coefficient (Wildman–Crippen LogP) is 2.87. The van der Waals surface area contributed by atoms with Gasteiger partial charge in [-0.1, -0.05) is 24.3 Å². The Hall–Kier alpha value is -1.98. The smallest absolute Gasteiger partial charge is 0.254 e. The van der Waals surface area contributed by atoms with Crippen LogP contribution in [0.4, 0.5) is 0 Å². The van der Waals surface area contributed by atoms with Crippen LogP contribution in [0.1, 0.15) is 32.8 Å². The van der Waals surface area contributed by atoms with E-state index in [4.69, 9.17) is 4.74 Å². The summed E-state index contributed by atoms with van der Waals surface area (Å²) >= 11 is 1.57. The maximum atomic E-state index is 12.8. The monoisotopic (exact) mass is 315 g/mol. The molecule has 0 fully saturated rings. The van der Waals surface area contributed by atoms with Gasteiger partial charge in [-0.05, 0) is 23.1 Å². The van der Waals surface area contributed by atoms with Crippen LogP contribution in [-0.4, -0.2) is 37.4 Å². The molecule has 0 N–H and O–H groups in total. The summed E-state index contributed by atoms with van der Waals surface area (Å²) in [6, 6.07) is 11.0. The minimum absolute atomic E-state index is 0.0378. The lowest BCUT2D eigenvalue weighted by molar-refractivity contribution is -0.110. The Labute approximate surface area is 133 Å². The fourth-order valence-corrected chi connectivity index (χ4v) is 3.88. The van der Waals surface area contributed by atoms with Gasteiger partial charge in [0, 0.05) is 24.1 Å². The topological polar surface area (TPSA) is 46.6 Å². The second-order valence-corrected chi connectivity index (χ2v) is 6.18. The van der Waals surface area contributed by atoms with Crippen molar-refractivity contribution in [3.63, 3.8) is 0 Å². The van der Waals surface area contributed by atoms with Gasteiger partial charge >= 0.3 is 0 Å². The number of hydrogen-bond donors (Lipinski definition) is 0. The van der Waals surface area contributed by atoms with Gasteiger partial charge in [0.2, 0.25) is 0 Å². The van der Waals surface area contributed by atoms with Gasteiger partial charge in [0.05, 0.1) is 18.6 Å². The van der Waals surface area contributed by atoms with Crippen LogP contribution in [0.15, 0.2) is 41.8 Å². The lowest BCUT2D eigenvalue weighted by atomic mass is 9.83. The van der Waals surface area contributed by atoms with Gasteiger partial charge in [0.25, 0.3) is 5.91 Å². The predicted molar refractivity (Wildman–Crippen MR) is 85.2 cm³/mol. The van der Waals surface area contributed by atoms with E-state index in [0.717, 1.165) is 16.7 Å². The highest BCUT2D eigenvalue weighted by molar-refractivity contribution is 7.10. The number of rotatable bonds is 5. The fourth-order valence-electron chi connectivity index (χ4n) is 3.00. The molecule has 1 aromatic carbocycles. The van der Waals surface area contributed by atoms with Crippen molar-refractivity contribution in [1.82, 2.24) is 4.90 Å². The number of ether oxygens (including phenoxy) is 1. The molecule has 1 aromatic heterocycles. The number of nitrogens with zero attached hydrogens (tertiary/aromatic N) is 1. The molecule has 5 heteroatoms. The van der Waals surface area contributed by atoms with Crippen LogP contribution in [0.25, 0.3) is 0 Å². The first-order valence-electron chi connectivity index (χ1n) is 7.15. The summed E-state index contributed by atoms with van der Waals surface area (Å²) in [7, 11) is 1.61. The molecule has 4 nitrogen and oxygen atoms in total. The van der Waals surface area contributed by atoms with Crippen molar-refractivity contribution in [2.24, 2.45) is 0 Å². The van der Waals surface area contributed by atoms with E-state index in [9.17, 15) is 9.59 Å². The number of hydrogen-bond acceptors (Lipinski definition) is 4. The van der Waals surface area contributed by atoms with Crippen LogP contribution in [-0.2, 0) is 9.53 Å². The Morgan fingerprint density at radius 1 is 1.27 bits per heavy atom.